The van der Waals surface area contributed by atoms with Gasteiger partial charge in [-0.2, -0.15) is 9.41 Å². The van der Waals surface area contributed by atoms with E-state index in [0.29, 0.717) is 11.4 Å². The van der Waals surface area contributed by atoms with E-state index < -0.39 is 15.9 Å². The number of halogens is 2. The molecule has 0 aliphatic rings. The van der Waals surface area contributed by atoms with Gasteiger partial charge in [0.15, 0.2) is 0 Å². The Morgan fingerprint density at radius 3 is 2.31 bits per heavy atom. The normalized spacial score (nSPS) is 11.7. The molecular formula is C23H21BrClN3O3S. The van der Waals surface area contributed by atoms with Crippen molar-refractivity contribution >= 4 is 49.7 Å². The van der Waals surface area contributed by atoms with E-state index in [2.05, 4.69) is 26.5 Å². The summed E-state index contributed by atoms with van der Waals surface area (Å²) in [5.41, 5.74) is 4.12. The highest BCUT2D eigenvalue weighted by atomic mass is 79.9. The Morgan fingerprint density at radius 2 is 1.66 bits per heavy atom. The van der Waals surface area contributed by atoms with Gasteiger partial charge in [0, 0.05) is 16.0 Å². The van der Waals surface area contributed by atoms with Crippen LogP contribution in [0.2, 0.25) is 5.02 Å². The molecule has 0 heterocycles. The maximum Gasteiger partial charge on any atom is 0.255 e. The summed E-state index contributed by atoms with van der Waals surface area (Å²) in [6.07, 6.45) is 1.93. The molecule has 0 aliphatic carbocycles. The largest absolute Gasteiger partial charge is 0.272 e. The maximum absolute atomic E-state index is 13.2. The molecule has 6 nitrogen and oxygen atoms in total. The molecule has 0 aromatic heterocycles. The van der Waals surface area contributed by atoms with E-state index in [9.17, 15) is 13.2 Å². The summed E-state index contributed by atoms with van der Waals surface area (Å²) in [4.78, 5) is 12.6. The third-order valence-electron chi connectivity index (χ3n) is 4.54. The average Bonchev–Trinajstić information content (AvgIpc) is 2.79. The number of hydrazone groups is 1. The molecule has 0 fully saturated rings. The minimum absolute atomic E-state index is 0.117. The van der Waals surface area contributed by atoms with E-state index in [1.54, 1.807) is 36.4 Å². The SMILES string of the molecule is O=C(CN(CCc1ccccc1)S(=O)(=O)c1ccc(Br)cc1)N/N=C\c1ccc(Cl)cc1. The van der Waals surface area contributed by atoms with Gasteiger partial charge in [-0.3, -0.25) is 4.79 Å². The molecule has 0 aliphatic heterocycles. The summed E-state index contributed by atoms with van der Waals surface area (Å²) in [6.45, 7) is -0.208. The van der Waals surface area contributed by atoms with Gasteiger partial charge in [0.1, 0.15) is 0 Å². The summed E-state index contributed by atoms with van der Waals surface area (Å²) in [6, 6.07) is 22.7. The van der Waals surface area contributed by atoms with E-state index in [1.807, 2.05) is 30.3 Å². The number of carbonyl (C=O) groups is 1. The van der Waals surface area contributed by atoms with Crippen molar-refractivity contribution in [3.05, 3.63) is 99.5 Å². The van der Waals surface area contributed by atoms with E-state index in [0.717, 1.165) is 19.9 Å². The lowest BCUT2D eigenvalue weighted by atomic mass is 10.1. The van der Waals surface area contributed by atoms with Crippen LogP contribution in [0.1, 0.15) is 11.1 Å². The summed E-state index contributed by atoms with van der Waals surface area (Å²) in [5, 5.41) is 4.51. The number of amides is 1. The molecule has 3 rings (SSSR count). The van der Waals surface area contributed by atoms with Crippen molar-refractivity contribution in [2.45, 2.75) is 11.3 Å². The van der Waals surface area contributed by atoms with E-state index in [4.69, 9.17) is 11.6 Å². The fourth-order valence-corrected chi connectivity index (χ4v) is 4.65. The number of benzene rings is 3. The lowest BCUT2D eigenvalue weighted by Gasteiger charge is -2.21. The molecule has 9 heteroatoms. The van der Waals surface area contributed by atoms with Crippen LogP contribution in [0.5, 0.6) is 0 Å². The first-order chi connectivity index (χ1) is 15.3. The van der Waals surface area contributed by atoms with E-state index in [1.165, 1.54) is 18.3 Å². The molecule has 0 radical (unpaired) electrons. The monoisotopic (exact) mass is 533 g/mol. The Morgan fingerprint density at radius 1 is 1.00 bits per heavy atom. The maximum atomic E-state index is 13.2. The summed E-state index contributed by atoms with van der Waals surface area (Å²) >= 11 is 9.16. The van der Waals surface area contributed by atoms with E-state index in [-0.39, 0.29) is 18.0 Å². The molecule has 0 saturated carbocycles. The van der Waals surface area contributed by atoms with Gasteiger partial charge in [-0.1, -0.05) is 70.0 Å². The Labute approximate surface area is 201 Å². The highest BCUT2D eigenvalue weighted by molar-refractivity contribution is 9.10. The van der Waals surface area contributed by atoms with Crippen LogP contribution in [0.25, 0.3) is 0 Å². The minimum atomic E-state index is -3.88. The van der Waals surface area contributed by atoms with Gasteiger partial charge in [-0.25, -0.2) is 13.8 Å². The third-order valence-corrected chi connectivity index (χ3v) is 7.18. The summed E-state index contributed by atoms with van der Waals surface area (Å²) < 4.78 is 28.3. The molecule has 1 amide bonds. The number of nitrogens with zero attached hydrogens (tertiary/aromatic N) is 2. The Kier molecular flexibility index (Phi) is 8.58. The summed E-state index contributed by atoms with van der Waals surface area (Å²) in [5.74, 6) is -0.538. The van der Waals surface area contributed by atoms with Crippen molar-refractivity contribution in [3.63, 3.8) is 0 Å². The highest BCUT2D eigenvalue weighted by Gasteiger charge is 2.26. The van der Waals surface area contributed by atoms with Crippen molar-refractivity contribution in [2.24, 2.45) is 5.10 Å². The van der Waals surface area contributed by atoms with Gasteiger partial charge >= 0.3 is 0 Å². The standard InChI is InChI=1S/C23H21BrClN3O3S/c24-20-8-12-22(13-9-20)32(30,31)28(15-14-18-4-2-1-3-5-18)17-23(29)27-26-16-19-6-10-21(25)11-7-19/h1-13,16H,14-15,17H2,(H,27,29)/b26-16-. The Bertz CT molecular complexity index is 1170. The van der Waals surface area contributed by atoms with Crippen molar-refractivity contribution in [2.75, 3.05) is 13.1 Å². The number of hydrogen-bond donors (Lipinski definition) is 1. The van der Waals surface area contributed by atoms with Crippen molar-refractivity contribution in [1.82, 2.24) is 9.73 Å². The molecule has 3 aromatic carbocycles. The summed E-state index contributed by atoms with van der Waals surface area (Å²) in [7, 11) is -3.88. The Balaban J connectivity index is 1.72. The predicted octanol–water partition coefficient (Wildman–Crippen LogP) is 4.49. The molecule has 0 bridgehead atoms. The number of nitrogens with one attached hydrogen (secondary N) is 1. The molecular weight excluding hydrogens is 514 g/mol. The highest BCUT2D eigenvalue weighted by Crippen LogP contribution is 2.19. The quantitative estimate of drug-likeness (QED) is 0.325. The van der Waals surface area contributed by atoms with Gasteiger partial charge in [0.2, 0.25) is 10.0 Å². The zero-order chi connectivity index (χ0) is 23.0. The van der Waals surface area contributed by atoms with Crippen LogP contribution >= 0.6 is 27.5 Å². The number of hydrogen-bond acceptors (Lipinski definition) is 4. The minimum Gasteiger partial charge on any atom is -0.272 e. The smallest absolute Gasteiger partial charge is 0.255 e. The molecule has 0 unspecified atom stereocenters. The van der Waals surface area contributed by atoms with Gasteiger partial charge in [0.25, 0.3) is 5.91 Å². The van der Waals surface area contributed by atoms with Crippen molar-refractivity contribution in [3.8, 4) is 0 Å². The topological polar surface area (TPSA) is 78.8 Å². The molecule has 0 saturated heterocycles. The van der Waals surface area contributed by atoms with Crippen molar-refractivity contribution in [1.29, 1.82) is 0 Å². The van der Waals surface area contributed by atoms with Crippen LogP contribution in [0.4, 0.5) is 0 Å². The molecule has 32 heavy (non-hydrogen) atoms. The fourth-order valence-electron chi connectivity index (χ4n) is 2.86. The zero-order valence-electron chi connectivity index (χ0n) is 17.0. The average molecular weight is 535 g/mol. The third kappa shape index (κ3) is 7.00. The first-order valence-corrected chi connectivity index (χ1v) is 12.3. The molecule has 3 aromatic rings. The lowest BCUT2D eigenvalue weighted by molar-refractivity contribution is -0.121. The fraction of sp³-hybridized carbons (Fsp3) is 0.130. The van der Waals surface area contributed by atoms with Gasteiger partial charge < -0.3 is 0 Å². The molecule has 166 valence electrons. The van der Waals surface area contributed by atoms with Gasteiger partial charge in [-0.05, 0) is 53.9 Å². The van der Waals surface area contributed by atoms with E-state index >= 15 is 0 Å². The van der Waals surface area contributed by atoms with Gasteiger partial charge in [0.05, 0.1) is 17.7 Å². The van der Waals surface area contributed by atoms with Crippen LogP contribution in [-0.4, -0.2) is 37.9 Å². The molecule has 0 atom stereocenters. The van der Waals surface area contributed by atoms with Crippen LogP contribution in [0.15, 0.2) is 93.3 Å². The molecule has 1 N–H and O–H groups in total. The molecule has 0 spiro atoms. The van der Waals surface area contributed by atoms with Gasteiger partial charge in [-0.15, -0.1) is 0 Å². The predicted molar refractivity (Wildman–Crippen MR) is 130 cm³/mol. The second kappa shape index (κ2) is 11.4. The number of rotatable bonds is 9. The van der Waals surface area contributed by atoms with Crippen LogP contribution in [-0.2, 0) is 21.2 Å². The van der Waals surface area contributed by atoms with Crippen LogP contribution in [0.3, 0.4) is 0 Å². The number of carbonyl (C=O) groups excluding carboxylic acids is 1. The lowest BCUT2D eigenvalue weighted by Crippen LogP contribution is -2.40. The van der Waals surface area contributed by atoms with Crippen LogP contribution in [0, 0.1) is 0 Å². The van der Waals surface area contributed by atoms with Crippen LogP contribution < -0.4 is 5.43 Å². The van der Waals surface area contributed by atoms with Crippen molar-refractivity contribution < 1.29 is 13.2 Å². The number of sulfonamides is 1. The second-order valence-electron chi connectivity index (χ2n) is 6.87. The first-order valence-electron chi connectivity index (χ1n) is 9.72. The first kappa shape index (κ1) is 24.1. The second-order valence-corrected chi connectivity index (χ2v) is 10.2. The Hall–Kier alpha value is -2.52. The zero-order valence-corrected chi connectivity index (χ0v) is 20.1.